The van der Waals surface area contributed by atoms with Gasteiger partial charge in [-0.1, -0.05) is 13.8 Å². The van der Waals surface area contributed by atoms with E-state index in [1.165, 1.54) is 14.0 Å². The Balaban J connectivity index is 4.20. The molecule has 0 aromatic heterocycles. The zero-order chi connectivity index (χ0) is 12.1. The maximum Gasteiger partial charge on any atom is 0.323 e. The van der Waals surface area contributed by atoms with Crippen LogP contribution in [0.2, 0.25) is 0 Å². The van der Waals surface area contributed by atoms with E-state index in [0.717, 1.165) is 0 Å². The summed E-state index contributed by atoms with van der Waals surface area (Å²) in [5, 5.41) is 0. The van der Waals surface area contributed by atoms with E-state index in [1.54, 1.807) is 0 Å². The van der Waals surface area contributed by atoms with Crippen molar-refractivity contribution >= 4 is 16.0 Å². The molecule has 0 aliphatic heterocycles. The van der Waals surface area contributed by atoms with Gasteiger partial charge in [-0.2, -0.15) is 0 Å². The second-order valence-corrected chi connectivity index (χ2v) is 5.74. The molecule has 0 aromatic rings. The first-order chi connectivity index (χ1) is 6.78. The number of carbonyl (C=O) groups is 1. The van der Waals surface area contributed by atoms with Crippen LogP contribution in [0.1, 0.15) is 27.2 Å². The molecule has 0 rings (SSSR count). The number of esters is 1. The minimum atomic E-state index is -3.38. The van der Waals surface area contributed by atoms with Crippen molar-refractivity contribution in [3.63, 3.8) is 0 Å². The second kappa shape index (κ2) is 6.07. The van der Waals surface area contributed by atoms with Crippen LogP contribution in [-0.2, 0) is 19.6 Å². The third-order valence-electron chi connectivity index (χ3n) is 1.88. The Labute approximate surface area is 91.2 Å². The Bertz CT molecular complexity index is 297. The van der Waals surface area contributed by atoms with Crippen molar-refractivity contribution in [2.45, 2.75) is 33.2 Å². The van der Waals surface area contributed by atoms with Crippen LogP contribution in [0.4, 0.5) is 0 Å². The number of nitrogens with one attached hydrogen (secondary N) is 1. The molecule has 0 aliphatic carbocycles. The molecule has 0 heterocycles. The summed E-state index contributed by atoms with van der Waals surface area (Å²) >= 11 is 0. The third-order valence-corrected chi connectivity index (χ3v) is 3.36. The van der Waals surface area contributed by atoms with Gasteiger partial charge in [0.15, 0.2) is 0 Å². The van der Waals surface area contributed by atoms with Gasteiger partial charge in [-0.25, -0.2) is 13.1 Å². The summed E-state index contributed by atoms with van der Waals surface area (Å²) in [6.07, 6.45) is 0.573. The highest BCUT2D eigenvalue weighted by molar-refractivity contribution is 7.89. The molecule has 5 nitrogen and oxygen atoms in total. The largest absolute Gasteiger partial charge is 0.468 e. The number of hydrogen-bond acceptors (Lipinski definition) is 4. The zero-order valence-electron chi connectivity index (χ0n) is 9.61. The molecule has 0 spiro atoms. The fourth-order valence-corrected chi connectivity index (χ4v) is 2.48. The minimum absolute atomic E-state index is 0.0337. The van der Waals surface area contributed by atoms with Crippen molar-refractivity contribution in [2.24, 2.45) is 5.92 Å². The van der Waals surface area contributed by atoms with Crippen LogP contribution in [0.25, 0.3) is 0 Å². The van der Waals surface area contributed by atoms with Gasteiger partial charge in [0.1, 0.15) is 6.04 Å². The quantitative estimate of drug-likeness (QED) is 0.683. The maximum absolute atomic E-state index is 11.4. The van der Waals surface area contributed by atoms with Gasteiger partial charge in [0.05, 0.1) is 12.9 Å². The number of hydrogen-bond donors (Lipinski definition) is 1. The molecule has 0 saturated carbocycles. The molecule has 15 heavy (non-hydrogen) atoms. The summed E-state index contributed by atoms with van der Waals surface area (Å²) < 4.78 is 29.6. The van der Waals surface area contributed by atoms with Gasteiger partial charge in [0, 0.05) is 0 Å². The first-order valence-corrected chi connectivity index (χ1v) is 6.51. The molecule has 1 N–H and O–H groups in total. The lowest BCUT2D eigenvalue weighted by Crippen LogP contribution is -2.40. The van der Waals surface area contributed by atoms with Crippen molar-refractivity contribution in [1.29, 1.82) is 0 Å². The summed E-state index contributed by atoms with van der Waals surface area (Å²) in [6, 6.07) is -0.827. The Kier molecular flexibility index (Phi) is 5.82. The van der Waals surface area contributed by atoms with Crippen molar-refractivity contribution < 1.29 is 17.9 Å². The van der Waals surface area contributed by atoms with Crippen molar-refractivity contribution in [3.05, 3.63) is 0 Å². The molecule has 0 aromatic carbocycles. The first-order valence-electron chi connectivity index (χ1n) is 4.86. The van der Waals surface area contributed by atoms with Crippen LogP contribution in [0.3, 0.4) is 0 Å². The van der Waals surface area contributed by atoms with Gasteiger partial charge >= 0.3 is 5.97 Å². The van der Waals surface area contributed by atoms with Crippen LogP contribution in [0.15, 0.2) is 0 Å². The van der Waals surface area contributed by atoms with Gasteiger partial charge < -0.3 is 4.74 Å². The average molecular weight is 237 g/mol. The molecule has 0 aliphatic rings. The first kappa shape index (κ1) is 14.4. The topological polar surface area (TPSA) is 72.5 Å². The molecule has 0 fully saturated rings. The van der Waals surface area contributed by atoms with Crippen molar-refractivity contribution in [2.75, 3.05) is 12.9 Å². The maximum atomic E-state index is 11.4. The number of methoxy groups -OCH3 is 1. The van der Waals surface area contributed by atoms with Crippen molar-refractivity contribution in [3.8, 4) is 0 Å². The number of sulfonamides is 1. The number of carbonyl (C=O) groups excluding carboxylic acids is 1. The summed E-state index contributed by atoms with van der Waals surface area (Å²) in [7, 11) is -2.16. The normalized spacial score (nSPS) is 13.9. The smallest absolute Gasteiger partial charge is 0.323 e. The van der Waals surface area contributed by atoms with Gasteiger partial charge in [-0.15, -0.1) is 0 Å². The predicted octanol–water partition coefficient (Wildman–Crippen LogP) is 0.513. The highest BCUT2D eigenvalue weighted by Crippen LogP contribution is 2.02. The van der Waals surface area contributed by atoms with Gasteiger partial charge in [0.2, 0.25) is 10.0 Å². The van der Waals surface area contributed by atoms with E-state index in [1.807, 2.05) is 13.8 Å². The Morgan fingerprint density at radius 1 is 1.33 bits per heavy atom. The lowest BCUT2D eigenvalue weighted by Gasteiger charge is -2.12. The van der Waals surface area contributed by atoms with Crippen LogP contribution in [0.5, 0.6) is 0 Å². The average Bonchev–Trinajstić information content (AvgIpc) is 2.13. The molecule has 1 unspecified atom stereocenters. The van der Waals surface area contributed by atoms with Crippen molar-refractivity contribution in [1.82, 2.24) is 4.72 Å². The van der Waals surface area contributed by atoms with Crippen LogP contribution < -0.4 is 4.72 Å². The third kappa shape index (κ3) is 6.46. The van der Waals surface area contributed by atoms with Gasteiger partial charge in [-0.05, 0) is 19.3 Å². The highest BCUT2D eigenvalue weighted by atomic mass is 32.2. The standard InChI is InChI=1S/C9H19NO4S/c1-7(2)5-6-15(12,13)10-8(3)9(11)14-4/h7-8,10H,5-6H2,1-4H3. The van der Waals surface area contributed by atoms with Crippen LogP contribution in [0, 0.1) is 5.92 Å². The number of rotatable bonds is 6. The monoisotopic (exact) mass is 237 g/mol. The molecule has 0 radical (unpaired) electrons. The molecular weight excluding hydrogens is 218 g/mol. The van der Waals surface area contributed by atoms with E-state index < -0.39 is 22.0 Å². The summed E-state index contributed by atoms with van der Waals surface area (Å²) in [6.45, 7) is 5.34. The van der Waals surface area contributed by atoms with E-state index in [9.17, 15) is 13.2 Å². The summed E-state index contributed by atoms with van der Waals surface area (Å²) in [4.78, 5) is 11.0. The highest BCUT2D eigenvalue weighted by Gasteiger charge is 2.20. The van der Waals surface area contributed by atoms with E-state index in [2.05, 4.69) is 9.46 Å². The lowest BCUT2D eigenvalue weighted by atomic mass is 10.2. The lowest BCUT2D eigenvalue weighted by molar-refractivity contribution is -0.142. The molecule has 0 amide bonds. The molecule has 0 saturated heterocycles. The number of ether oxygens (including phenoxy) is 1. The SMILES string of the molecule is COC(=O)C(C)NS(=O)(=O)CCC(C)C. The Morgan fingerprint density at radius 3 is 2.27 bits per heavy atom. The van der Waals surface area contributed by atoms with Crippen LogP contribution >= 0.6 is 0 Å². The van der Waals surface area contributed by atoms with E-state index in [0.29, 0.717) is 12.3 Å². The van der Waals surface area contributed by atoms with E-state index in [-0.39, 0.29) is 5.75 Å². The summed E-state index contributed by atoms with van der Waals surface area (Å²) in [5.41, 5.74) is 0. The molecule has 0 bridgehead atoms. The van der Waals surface area contributed by atoms with Gasteiger partial charge in [0.25, 0.3) is 0 Å². The molecular formula is C9H19NO4S. The fourth-order valence-electron chi connectivity index (χ4n) is 0.944. The van der Waals surface area contributed by atoms with E-state index >= 15 is 0 Å². The van der Waals surface area contributed by atoms with Gasteiger partial charge in [-0.3, -0.25) is 4.79 Å². The fraction of sp³-hybridized carbons (Fsp3) is 0.889. The van der Waals surface area contributed by atoms with E-state index in [4.69, 9.17) is 0 Å². The second-order valence-electron chi connectivity index (χ2n) is 3.86. The molecule has 90 valence electrons. The molecule has 6 heteroatoms. The van der Waals surface area contributed by atoms with Crippen LogP contribution in [-0.4, -0.2) is 33.3 Å². The predicted molar refractivity (Wildman–Crippen MR) is 57.9 cm³/mol. The Morgan fingerprint density at radius 2 is 1.87 bits per heavy atom. The molecule has 1 atom stereocenters. The summed E-state index contributed by atoms with van der Waals surface area (Å²) in [5.74, 6) is -0.232. The Hall–Kier alpha value is -0.620. The minimum Gasteiger partial charge on any atom is -0.468 e. The zero-order valence-corrected chi connectivity index (χ0v) is 10.4.